The SMILES string of the molecule is Cc1cc(C2CCCN2C(=O)c2ccccc2)on1. The Morgan fingerprint density at radius 3 is 2.84 bits per heavy atom. The third-order valence-electron chi connectivity index (χ3n) is 3.51. The van der Waals surface area contributed by atoms with Gasteiger partial charge in [0, 0.05) is 18.2 Å². The van der Waals surface area contributed by atoms with Crippen LogP contribution in [0.15, 0.2) is 40.9 Å². The normalized spacial score (nSPS) is 18.8. The molecule has 1 unspecified atom stereocenters. The maximum absolute atomic E-state index is 12.5. The molecule has 0 saturated carbocycles. The average Bonchev–Trinajstić information content (AvgIpc) is 3.07. The molecule has 0 bridgehead atoms. The molecule has 1 aliphatic rings. The van der Waals surface area contributed by atoms with Crippen LogP contribution < -0.4 is 0 Å². The molecule has 1 aliphatic heterocycles. The number of amides is 1. The number of aryl methyl sites for hydroxylation is 1. The first-order valence-corrected chi connectivity index (χ1v) is 6.55. The van der Waals surface area contributed by atoms with Gasteiger partial charge in [0.05, 0.1) is 11.7 Å². The van der Waals surface area contributed by atoms with Crippen molar-refractivity contribution in [3.8, 4) is 0 Å². The smallest absolute Gasteiger partial charge is 0.254 e. The summed E-state index contributed by atoms with van der Waals surface area (Å²) >= 11 is 0. The Morgan fingerprint density at radius 1 is 1.37 bits per heavy atom. The van der Waals surface area contributed by atoms with Crippen LogP contribution in [0.2, 0.25) is 0 Å². The third-order valence-corrected chi connectivity index (χ3v) is 3.51. The second-order valence-corrected chi connectivity index (χ2v) is 4.89. The van der Waals surface area contributed by atoms with Crippen LogP contribution in [0, 0.1) is 6.92 Å². The summed E-state index contributed by atoms with van der Waals surface area (Å²) in [4.78, 5) is 14.4. The minimum Gasteiger partial charge on any atom is -0.359 e. The van der Waals surface area contributed by atoms with Crippen LogP contribution in [0.1, 0.15) is 40.7 Å². The van der Waals surface area contributed by atoms with Gasteiger partial charge in [0.1, 0.15) is 0 Å². The lowest BCUT2D eigenvalue weighted by atomic mass is 10.1. The zero-order valence-corrected chi connectivity index (χ0v) is 10.9. The monoisotopic (exact) mass is 256 g/mol. The summed E-state index contributed by atoms with van der Waals surface area (Å²) < 4.78 is 5.32. The number of hydrogen-bond acceptors (Lipinski definition) is 3. The highest BCUT2D eigenvalue weighted by atomic mass is 16.5. The van der Waals surface area contributed by atoms with Crippen molar-refractivity contribution >= 4 is 5.91 Å². The topological polar surface area (TPSA) is 46.3 Å². The van der Waals surface area contributed by atoms with Crippen molar-refractivity contribution in [2.75, 3.05) is 6.54 Å². The Labute approximate surface area is 112 Å². The summed E-state index contributed by atoms with van der Waals surface area (Å²) in [5.41, 5.74) is 1.58. The zero-order chi connectivity index (χ0) is 13.2. The molecule has 1 saturated heterocycles. The molecule has 2 aromatic rings. The summed E-state index contributed by atoms with van der Waals surface area (Å²) in [5.74, 6) is 0.858. The van der Waals surface area contributed by atoms with Crippen molar-refractivity contribution in [1.82, 2.24) is 10.1 Å². The highest BCUT2D eigenvalue weighted by Crippen LogP contribution is 2.33. The molecule has 2 heterocycles. The Kier molecular flexibility index (Phi) is 3.07. The minimum atomic E-state index is 0.0221. The van der Waals surface area contributed by atoms with Gasteiger partial charge in [-0.25, -0.2) is 0 Å². The molecule has 0 radical (unpaired) electrons. The molecular formula is C15H16N2O2. The molecule has 4 heteroatoms. The van der Waals surface area contributed by atoms with Crippen molar-refractivity contribution in [3.63, 3.8) is 0 Å². The summed E-state index contributed by atoms with van der Waals surface area (Å²) in [6.07, 6.45) is 1.94. The van der Waals surface area contributed by atoms with Gasteiger partial charge in [-0.05, 0) is 31.9 Å². The average molecular weight is 256 g/mol. The van der Waals surface area contributed by atoms with Gasteiger partial charge in [-0.3, -0.25) is 4.79 Å². The molecule has 98 valence electrons. The van der Waals surface area contributed by atoms with E-state index >= 15 is 0 Å². The molecule has 3 rings (SSSR count). The number of aromatic nitrogens is 1. The molecule has 1 aromatic heterocycles. The van der Waals surface area contributed by atoms with Crippen molar-refractivity contribution in [2.24, 2.45) is 0 Å². The van der Waals surface area contributed by atoms with Gasteiger partial charge < -0.3 is 9.42 Å². The van der Waals surface area contributed by atoms with E-state index < -0.39 is 0 Å². The number of nitrogens with zero attached hydrogens (tertiary/aromatic N) is 2. The Bertz CT molecular complexity index is 577. The standard InChI is InChI=1S/C15H16N2O2/c1-11-10-14(19-16-11)13-8-5-9-17(13)15(18)12-6-3-2-4-7-12/h2-4,6-7,10,13H,5,8-9H2,1H3. The molecule has 0 N–H and O–H groups in total. The van der Waals surface area contributed by atoms with Gasteiger partial charge >= 0.3 is 0 Å². The third kappa shape index (κ3) is 2.26. The molecular weight excluding hydrogens is 240 g/mol. The number of benzene rings is 1. The van der Waals surface area contributed by atoms with E-state index in [2.05, 4.69) is 5.16 Å². The second kappa shape index (κ2) is 4.88. The minimum absolute atomic E-state index is 0.0221. The molecule has 19 heavy (non-hydrogen) atoms. The predicted octanol–water partition coefficient (Wildman–Crippen LogP) is 2.96. The van der Waals surface area contributed by atoms with Crippen LogP contribution in [0.4, 0.5) is 0 Å². The molecule has 0 aliphatic carbocycles. The van der Waals surface area contributed by atoms with E-state index in [1.807, 2.05) is 48.2 Å². The number of carbonyl (C=O) groups excluding carboxylic acids is 1. The van der Waals surface area contributed by atoms with Crippen molar-refractivity contribution < 1.29 is 9.32 Å². The quantitative estimate of drug-likeness (QED) is 0.829. The highest BCUT2D eigenvalue weighted by Gasteiger charge is 2.32. The first-order valence-electron chi connectivity index (χ1n) is 6.55. The van der Waals surface area contributed by atoms with Gasteiger partial charge in [-0.2, -0.15) is 0 Å². The Balaban J connectivity index is 1.86. The lowest BCUT2D eigenvalue weighted by molar-refractivity contribution is 0.0714. The predicted molar refractivity (Wildman–Crippen MR) is 70.7 cm³/mol. The van der Waals surface area contributed by atoms with Crippen LogP contribution in [0.3, 0.4) is 0 Å². The summed E-state index contributed by atoms with van der Waals surface area (Å²) in [5, 5.41) is 3.91. The van der Waals surface area contributed by atoms with Crippen molar-refractivity contribution in [2.45, 2.75) is 25.8 Å². The summed E-state index contributed by atoms with van der Waals surface area (Å²) in [7, 11) is 0. The second-order valence-electron chi connectivity index (χ2n) is 4.89. The summed E-state index contributed by atoms with van der Waals surface area (Å²) in [6, 6.07) is 11.3. The zero-order valence-electron chi connectivity index (χ0n) is 10.9. The van der Waals surface area contributed by atoms with E-state index in [-0.39, 0.29) is 11.9 Å². The van der Waals surface area contributed by atoms with Crippen molar-refractivity contribution in [1.29, 1.82) is 0 Å². The fourth-order valence-electron chi connectivity index (χ4n) is 2.59. The van der Waals surface area contributed by atoms with Crippen LogP contribution in [0.25, 0.3) is 0 Å². The van der Waals surface area contributed by atoms with Crippen LogP contribution in [-0.2, 0) is 0 Å². The number of carbonyl (C=O) groups is 1. The lowest BCUT2D eigenvalue weighted by Crippen LogP contribution is -2.30. The van der Waals surface area contributed by atoms with E-state index in [0.717, 1.165) is 36.4 Å². The maximum atomic E-state index is 12.5. The largest absolute Gasteiger partial charge is 0.359 e. The van der Waals surface area contributed by atoms with E-state index in [1.165, 1.54) is 0 Å². The first-order chi connectivity index (χ1) is 9.25. The van der Waals surface area contributed by atoms with Crippen LogP contribution in [-0.4, -0.2) is 22.5 Å². The highest BCUT2D eigenvalue weighted by molar-refractivity contribution is 5.94. The summed E-state index contributed by atoms with van der Waals surface area (Å²) in [6.45, 7) is 2.67. The van der Waals surface area contributed by atoms with E-state index in [0.29, 0.717) is 0 Å². The Morgan fingerprint density at radius 2 is 2.16 bits per heavy atom. The molecule has 1 fully saturated rings. The van der Waals surface area contributed by atoms with Gasteiger partial charge in [-0.15, -0.1) is 0 Å². The van der Waals surface area contributed by atoms with Gasteiger partial charge in [-0.1, -0.05) is 23.4 Å². The van der Waals surface area contributed by atoms with E-state index in [4.69, 9.17) is 4.52 Å². The van der Waals surface area contributed by atoms with Crippen molar-refractivity contribution in [3.05, 3.63) is 53.4 Å². The molecule has 1 atom stereocenters. The number of likely N-dealkylation sites (tertiary alicyclic amines) is 1. The number of hydrogen-bond donors (Lipinski definition) is 0. The molecule has 1 amide bonds. The van der Waals surface area contributed by atoms with Gasteiger partial charge in [0.15, 0.2) is 5.76 Å². The fourth-order valence-corrected chi connectivity index (χ4v) is 2.59. The number of rotatable bonds is 2. The fraction of sp³-hybridized carbons (Fsp3) is 0.333. The van der Waals surface area contributed by atoms with Crippen LogP contribution in [0.5, 0.6) is 0 Å². The first kappa shape index (κ1) is 12.0. The Hall–Kier alpha value is -2.10. The molecule has 4 nitrogen and oxygen atoms in total. The lowest BCUT2D eigenvalue weighted by Gasteiger charge is -2.22. The maximum Gasteiger partial charge on any atom is 0.254 e. The molecule has 0 spiro atoms. The van der Waals surface area contributed by atoms with E-state index in [1.54, 1.807) is 0 Å². The van der Waals surface area contributed by atoms with Gasteiger partial charge in [0.25, 0.3) is 5.91 Å². The van der Waals surface area contributed by atoms with E-state index in [9.17, 15) is 4.79 Å². The molecule has 1 aromatic carbocycles. The van der Waals surface area contributed by atoms with Crippen LogP contribution >= 0.6 is 0 Å². The van der Waals surface area contributed by atoms with Gasteiger partial charge in [0.2, 0.25) is 0 Å².